The molecule has 0 bridgehead atoms. The Morgan fingerprint density at radius 1 is 1.12 bits per heavy atom. The zero-order chi connectivity index (χ0) is 24.0. The molecule has 0 spiro atoms. The molecule has 4 rings (SSSR count). The zero-order valence-corrected chi connectivity index (χ0v) is 19.4. The highest BCUT2D eigenvalue weighted by Gasteiger charge is 2.51. The van der Waals surface area contributed by atoms with E-state index in [9.17, 15) is 26.7 Å². The Balaban J connectivity index is 1.51. The molecule has 2 heterocycles. The van der Waals surface area contributed by atoms with Gasteiger partial charge in [0.2, 0.25) is 10.0 Å². The lowest BCUT2D eigenvalue weighted by Gasteiger charge is -2.42. The normalized spacial score (nSPS) is 23.8. The second-order valence-electron chi connectivity index (χ2n) is 9.12. The number of sulfonamides is 1. The van der Waals surface area contributed by atoms with Crippen LogP contribution in [-0.4, -0.2) is 59.6 Å². The zero-order valence-electron chi connectivity index (χ0n) is 18.5. The highest BCUT2D eigenvalue weighted by Crippen LogP contribution is 2.45. The number of nitrogens with zero attached hydrogens (tertiary/aromatic N) is 3. The number of piperazine rings is 1. The summed E-state index contributed by atoms with van der Waals surface area (Å²) < 4.78 is 67.2. The van der Waals surface area contributed by atoms with Gasteiger partial charge in [-0.25, -0.2) is 8.42 Å². The van der Waals surface area contributed by atoms with Crippen LogP contribution < -0.4 is 0 Å². The van der Waals surface area contributed by atoms with E-state index in [4.69, 9.17) is 0 Å². The monoisotopic (exact) mass is 483 g/mol. The fourth-order valence-electron chi connectivity index (χ4n) is 4.57. The average Bonchev–Trinajstić information content (AvgIpc) is 3.59. The largest absolute Gasteiger partial charge is 0.421 e. The van der Waals surface area contributed by atoms with Crippen molar-refractivity contribution in [2.24, 2.45) is 5.92 Å². The van der Waals surface area contributed by atoms with Crippen LogP contribution in [0.1, 0.15) is 43.9 Å². The van der Waals surface area contributed by atoms with E-state index in [2.05, 4.69) is 16.0 Å². The van der Waals surface area contributed by atoms with E-state index in [1.165, 1.54) is 4.31 Å². The lowest BCUT2D eigenvalue weighted by Crippen LogP contribution is -2.54. The van der Waals surface area contributed by atoms with Crippen molar-refractivity contribution in [2.75, 3.05) is 19.6 Å². The molecule has 180 valence electrons. The molecule has 0 amide bonds. The molecule has 0 radical (unpaired) electrons. The SMILES string of the molecule is CC1CN(C(c2cccnc2)C2CC2)CCN1S(=O)(=O)c1ccc(C(C)(O)C(F)(F)F)cc1. The van der Waals surface area contributed by atoms with E-state index in [1.807, 2.05) is 19.2 Å². The highest BCUT2D eigenvalue weighted by atomic mass is 32.2. The second kappa shape index (κ2) is 8.65. The Bertz CT molecular complexity index is 1070. The summed E-state index contributed by atoms with van der Waals surface area (Å²) in [6, 6.07) is 8.17. The molecule has 2 aliphatic rings. The third-order valence-electron chi connectivity index (χ3n) is 6.66. The molecule has 33 heavy (non-hydrogen) atoms. The molecule has 1 N–H and O–H groups in total. The molecule has 1 saturated heterocycles. The predicted molar refractivity (Wildman–Crippen MR) is 117 cm³/mol. The van der Waals surface area contributed by atoms with Crippen LogP contribution in [0.4, 0.5) is 13.2 Å². The number of rotatable bonds is 6. The summed E-state index contributed by atoms with van der Waals surface area (Å²) >= 11 is 0. The highest BCUT2D eigenvalue weighted by molar-refractivity contribution is 7.89. The number of benzene rings is 1. The number of alkyl halides is 3. The predicted octanol–water partition coefficient (Wildman–Crippen LogP) is 3.70. The van der Waals surface area contributed by atoms with Crippen LogP contribution in [0, 0.1) is 5.92 Å². The molecule has 1 aromatic carbocycles. The van der Waals surface area contributed by atoms with Crippen molar-refractivity contribution < 1.29 is 26.7 Å². The summed E-state index contributed by atoms with van der Waals surface area (Å²) in [7, 11) is -3.90. The van der Waals surface area contributed by atoms with Crippen molar-refractivity contribution in [2.45, 2.75) is 55.4 Å². The van der Waals surface area contributed by atoms with Gasteiger partial charge in [-0.15, -0.1) is 0 Å². The molecular formula is C23H28F3N3O3S. The van der Waals surface area contributed by atoms with Crippen molar-refractivity contribution in [3.05, 3.63) is 59.9 Å². The molecule has 1 aliphatic carbocycles. The van der Waals surface area contributed by atoms with Crippen molar-refractivity contribution in [1.29, 1.82) is 0 Å². The topological polar surface area (TPSA) is 73.7 Å². The van der Waals surface area contributed by atoms with Gasteiger partial charge in [-0.3, -0.25) is 9.88 Å². The van der Waals surface area contributed by atoms with Crippen molar-refractivity contribution >= 4 is 10.0 Å². The van der Waals surface area contributed by atoms with Gasteiger partial charge in [0, 0.05) is 44.1 Å². The number of hydrogen-bond acceptors (Lipinski definition) is 5. The Hall–Kier alpha value is -2.01. The van der Waals surface area contributed by atoms with E-state index < -0.39 is 27.4 Å². The Morgan fingerprint density at radius 3 is 2.30 bits per heavy atom. The molecular weight excluding hydrogens is 455 g/mol. The lowest BCUT2D eigenvalue weighted by molar-refractivity contribution is -0.258. The molecule has 10 heteroatoms. The van der Waals surface area contributed by atoms with E-state index in [1.54, 1.807) is 6.20 Å². The smallest absolute Gasteiger partial charge is 0.376 e. The maximum atomic E-state index is 13.3. The van der Waals surface area contributed by atoms with Gasteiger partial charge in [0.1, 0.15) is 0 Å². The van der Waals surface area contributed by atoms with Crippen LogP contribution in [0.25, 0.3) is 0 Å². The summed E-state index contributed by atoms with van der Waals surface area (Å²) in [5.74, 6) is 0.540. The van der Waals surface area contributed by atoms with E-state index >= 15 is 0 Å². The average molecular weight is 484 g/mol. The van der Waals surface area contributed by atoms with Crippen LogP contribution in [0.3, 0.4) is 0 Å². The van der Waals surface area contributed by atoms with Gasteiger partial charge in [-0.1, -0.05) is 18.2 Å². The molecule has 1 aromatic heterocycles. The minimum absolute atomic E-state index is 0.0875. The molecule has 6 nitrogen and oxygen atoms in total. The summed E-state index contributed by atoms with van der Waals surface area (Å²) in [4.78, 5) is 6.47. The molecule has 3 atom stereocenters. The van der Waals surface area contributed by atoms with Crippen LogP contribution >= 0.6 is 0 Å². The minimum Gasteiger partial charge on any atom is -0.376 e. The van der Waals surface area contributed by atoms with Gasteiger partial charge >= 0.3 is 6.18 Å². The Morgan fingerprint density at radius 2 is 1.79 bits per heavy atom. The molecule has 2 aromatic rings. The van der Waals surface area contributed by atoms with Gasteiger partial charge in [0.05, 0.1) is 4.90 Å². The standard InChI is InChI=1S/C23H28F3N3O3S/c1-16-15-28(21(17-5-6-17)18-4-3-11-27-14-18)12-13-29(16)33(31,32)20-9-7-19(8-10-20)22(2,30)23(24,25)26/h3-4,7-11,14,16-17,21,30H,5-6,12-13,15H2,1-2H3. The van der Waals surface area contributed by atoms with Crippen LogP contribution in [0.5, 0.6) is 0 Å². The first-order chi connectivity index (χ1) is 15.4. The lowest BCUT2D eigenvalue weighted by atomic mass is 9.96. The Labute approximate surface area is 192 Å². The Kier molecular flexibility index (Phi) is 6.32. The summed E-state index contributed by atoms with van der Waals surface area (Å²) in [5, 5.41) is 9.84. The van der Waals surface area contributed by atoms with Gasteiger partial charge in [-0.2, -0.15) is 17.5 Å². The number of halogens is 3. The first-order valence-corrected chi connectivity index (χ1v) is 12.4. The first kappa shape index (κ1) is 24.1. The first-order valence-electron chi connectivity index (χ1n) is 11.0. The quantitative estimate of drug-likeness (QED) is 0.678. The van der Waals surface area contributed by atoms with E-state index in [-0.39, 0.29) is 23.5 Å². The van der Waals surface area contributed by atoms with Gasteiger partial charge in [0.25, 0.3) is 0 Å². The fraction of sp³-hybridized carbons (Fsp3) is 0.522. The fourth-order valence-corrected chi connectivity index (χ4v) is 6.19. The summed E-state index contributed by atoms with van der Waals surface area (Å²) in [6.45, 7) is 3.89. The van der Waals surface area contributed by atoms with Gasteiger partial charge in [0.15, 0.2) is 5.60 Å². The molecule has 2 fully saturated rings. The summed E-state index contributed by atoms with van der Waals surface area (Å²) in [5.41, 5.74) is -2.33. The minimum atomic E-state index is -4.87. The number of pyridine rings is 1. The number of hydrogen-bond donors (Lipinski definition) is 1. The van der Waals surface area contributed by atoms with Crippen LogP contribution in [0.15, 0.2) is 53.7 Å². The van der Waals surface area contributed by atoms with Crippen molar-refractivity contribution in [3.8, 4) is 0 Å². The van der Waals surface area contributed by atoms with Gasteiger partial charge in [-0.05, 0) is 61.9 Å². The number of aromatic nitrogens is 1. The number of aliphatic hydroxyl groups is 1. The van der Waals surface area contributed by atoms with Crippen molar-refractivity contribution in [3.63, 3.8) is 0 Å². The molecule has 1 saturated carbocycles. The van der Waals surface area contributed by atoms with Crippen LogP contribution in [0.2, 0.25) is 0 Å². The van der Waals surface area contributed by atoms with E-state index in [0.717, 1.165) is 42.7 Å². The second-order valence-corrected chi connectivity index (χ2v) is 11.0. The third kappa shape index (κ3) is 4.66. The van der Waals surface area contributed by atoms with Crippen molar-refractivity contribution in [1.82, 2.24) is 14.2 Å². The van der Waals surface area contributed by atoms with Crippen LogP contribution in [-0.2, 0) is 15.6 Å². The third-order valence-corrected chi connectivity index (χ3v) is 8.69. The van der Waals surface area contributed by atoms with Gasteiger partial charge < -0.3 is 5.11 Å². The maximum absolute atomic E-state index is 13.3. The summed E-state index contributed by atoms with van der Waals surface area (Å²) in [6.07, 6.45) is 1.01. The maximum Gasteiger partial charge on any atom is 0.421 e. The molecule has 3 unspecified atom stereocenters. The molecule has 1 aliphatic heterocycles. The van der Waals surface area contributed by atoms with E-state index in [0.29, 0.717) is 25.9 Å².